The lowest BCUT2D eigenvalue weighted by Gasteiger charge is -2.10. The van der Waals surface area contributed by atoms with Gasteiger partial charge < -0.3 is 10.6 Å². The average Bonchev–Trinajstić information content (AvgIpc) is 2.49. The molecule has 23 heavy (non-hydrogen) atoms. The van der Waals surface area contributed by atoms with Crippen molar-refractivity contribution in [3.05, 3.63) is 63.6 Å². The first-order valence-electron chi connectivity index (χ1n) is 7.32. The molecule has 0 spiro atoms. The van der Waals surface area contributed by atoms with Crippen LogP contribution in [0.2, 0.25) is 0 Å². The van der Waals surface area contributed by atoms with E-state index < -0.39 is 0 Å². The lowest BCUT2D eigenvalue weighted by Crippen LogP contribution is -2.33. The molecule has 0 aromatic heterocycles. The largest absolute Gasteiger partial charge is 0.347 e. The van der Waals surface area contributed by atoms with Gasteiger partial charge in [-0.1, -0.05) is 40.2 Å². The lowest BCUT2D eigenvalue weighted by molar-refractivity contribution is -0.123. The zero-order valence-electron chi connectivity index (χ0n) is 13.2. The third-order valence-corrected chi connectivity index (χ3v) is 3.86. The van der Waals surface area contributed by atoms with Crippen molar-refractivity contribution in [2.24, 2.45) is 0 Å². The highest BCUT2D eigenvalue weighted by atomic mass is 79.9. The summed E-state index contributed by atoms with van der Waals surface area (Å²) in [6.45, 7) is 3.86. The molecule has 0 bridgehead atoms. The van der Waals surface area contributed by atoms with Crippen LogP contribution in [-0.4, -0.2) is 18.4 Å². The summed E-state index contributed by atoms with van der Waals surface area (Å²) in [5, 5.41) is 5.46. The van der Waals surface area contributed by atoms with Gasteiger partial charge in [-0.25, -0.2) is 0 Å². The molecule has 0 aliphatic carbocycles. The number of hydrogen-bond acceptors (Lipinski definition) is 2. The van der Waals surface area contributed by atoms with Crippen molar-refractivity contribution in [2.75, 3.05) is 11.9 Å². The van der Waals surface area contributed by atoms with E-state index in [0.29, 0.717) is 0 Å². The summed E-state index contributed by atoms with van der Waals surface area (Å²) < 4.78 is 0.926. The summed E-state index contributed by atoms with van der Waals surface area (Å²) in [7, 11) is 0. The van der Waals surface area contributed by atoms with Crippen LogP contribution in [-0.2, 0) is 16.0 Å². The van der Waals surface area contributed by atoms with Gasteiger partial charge in [-0.05, 0) is 48.7 Å². The van der Waals surface area contributed by atoms with Crippen LogP contribution in [0.3, 0.4) is 0 Å². The van der Waals surface area contributed by atoms with Gasteiger partial charge in [0, 0.05) is 10.2 Å². The second kappa shape index (κ2) is 7.92. The minimum absolute atomic E-state index is 0.0414. The summed E-state index contributed by atoms with van der Waals surface area (Å²) in [6.07, 6.45) is 0.246. The third-order valence-electron chi connectivity index (χ3n) is 3.37. The standard InChI is InChI=1S/C18H19BrN2O2/c1-12-6-7-13(2)16(8-12)21-18(23)11-20-17(22)10-14-4-3-5-15(19)9-14/h3-9H,10-11H2,1-2H3,(H,20,22)(H,21,23). The first-order valence-corrected chi connectivity index (χ1v) is 8.11. The second-order valence-electron chi connectivity index (χ2n) is 5.45. The molecule has 0 radical (unpaired) electrons. The predicted molar refractivity (Wildman–Crippen MR) is 95.4 cm³/mol. The maximum atomic E-state index is 12.0. The molecule has 0 aliphatic rings. The van der Waals surface area contributed by atoms with Gasteiger partial charge >= 0.3 is 0 Å². The molecule has 0 aliphatic heterocycles. The maximum absolute atomic E-state index is 12.0. The van der Waals surface area contributed by atoms with E-state index in [0.717, 1.165) is 26.9 Å². The van der Waals surface area contributed by atoms with Crippen LogP contribution >= 0.6 is 15.9 Å². The molecule has 0 fully saturated rings. The third kappa shape index (κ3) is 5.53. The van der Waals surface area contributed by atoms with Gasteiger partial charge in [-0.15, -0.1) is 0 Å². The Morgan fingerprint density at radius 1 is 1.04 bits per heavy atom. The fourth-order valence-corrected chi connectivity index (χ4v) is 2.59. The second-order valence-corrected chi connectivity index (χ2v) is 6.37. The Morgan fingerprint density at radius 2 is 1.83 bits per heavy atom. The molecule has 2 rings (SSSR count). The zero-order chi connectivity index (χ0) is 16.8. The highest BCUT2D eigenvalue weighted by Gasteiger charge is 2.08. The summed E-state index contributed by atoms with van der Waals surface area (Å²) in [4.78, 5) is 23.8. The van der Waals surface area contributed by atoms with Gasteiger partial charge in [-0.2, -0.15) is 0 Å². The topological polar surface area (TPSA) is 58.2 Å². The molecular weight excluding hydrogens is 356 g/mol. The highest BCUT2D eigenvalue weighted by molar-refractivity contribution is 9.10. The van der Waals surface area contributed by atoms with Gasteiger partial charge in [0.15, 0.2) is 0 Å². The number of carbonyl (C=O) groups excluding carboxylic acids is 2. The maximum Gasteiger partial charge on any atom is 0.243 e. The summed E-state index contributed by atoms with van der Waals surface area (Å²) >= 11 is 3.37. The molecule has 0 atom stereocenters. The summed E-state index contributed by atoms with van der Waals surface area (Å²) in [5.74, 6) is -0.416. The number of halogens is 1. The van der Waals surface area contributed by atoms with E-state index in [2.05, 4.69) is 26.6 Å². The number of carbonyl (C=O) groups is 2. The van der Waals surface area contributed by atoms with Crippen molar-refractivity contribution in [3.8, 4) is 0 Å². The minimum atomic E-state index is -0.235. The van der Waals surface area contributed by atoms with Crippen LogP contribution in [0.1, 0.15) is 16.7 Å². The fourth-order valence-electron chi connectivity index (χ4n) is 2.14. The number of rotatable bonds is 5. The fraction of sp³-hybridized carbons (Fsp3) is 0.222. The Morgan fingerprint density at radius 3 is 2.57 bits per heavy atom. The SMILES string of the molecule is Cc1ccc(C)c(NC(=O)CNC(=O)Cc2cccc(Br)c2)c1. The van der Waals surface area contributed by atoms with Gasteiger partial charge in [0.2, 0.25) is 11.8 Å². The van der Waals surface area contributed by atoms with Gasteiger partial charge in [-0.3, -0.25) is 9.59 Å². The molecule has 2 aromatic rings. The lowest BCUT2D eigenvalue weighted by atomic mass is 10.1. The monoisotopic (exact) mass is 374 g/mol. The van der Waals surface area contributed by atoms with E-state index >= 15 is 0 Å². The van der Waals surface area contributed by atoms with Crippen LogP contribution in [0, 0.1) is 13.8 Å². The number of aryl methyl sites for hydroxylation is 2. The van der Waals surface area contributed by atoms with Crippen LogP contribution < -0.4 is 10.6 Å². The minimum Gasteiger partial charge on any atom is -0.347 e. The van der Waals surface area contributed by atoms with Crippen molar-refractivity contribution in [3.63, 3.8) is 0 Å². The van der Waals surface area contributed by atoms with Crippen LogP contribution in [0.4, 0.5) is 5.69 Å². The van der Waals surface area contributed by atoms with Crippen LogP contribution in [0.5, 0.6) is 0 Å². The van der Waals surface area contributed by atoms with E-state index in [4.69, 9.17) is 0 Å². The van der Waals surface area contributed by atoms with Crippen molar-refractivity contribution in [1.82, 2.24) is 5.32 Å². The number of hydrogen-bond donors (Lipinski definition) is 2. The number of anilines is 1. The molecule has 2 aromatic carbocycles. The number of benzene rings is 2. The van der Waals surface area contributed by atoms with Crippen molar-refractivity contribution < 1.29 is 9.59 Å². The Labute approximate surface area is 144 Å². The molecule has 2 N–H and O–H groups in total. The van der Waals surface area contributed by atoms with E-state index in [1.165, 1.54) is 0 Å². The number of amides is 2. The van der Waals surface area contributed by atoms with Gasteiger partial charge in [0.1, 0.15) is 0 Å². The molecule has 0 heterocycles. The van der Waals surface area contributed by atoms with E-state index in [1.807, 2.05) is 56.3 Å². The zero-order valence-corrected chi connectivity index (χ0v) is 14.7. The van der Waals surface area contributed by atoms with Crippen molar-refractivity contribution >= 4 is 33.4 Å². The van der Waals surface area contributed by atoms with Crippen molar-refractivity contribution in [2.45, 2.75) is 20.3 Å². The molecule has 0 unspecified atom stereocenters. The van der Waals surface area contributed by atoms with Gasteiger partial charge in [0.05, 0.1) is 13.0 Å². The molecule has 5 heteroatoms. The van der Waals surface area contributed by atoms with E-state index in [9.17, 15) is 9.59 Å². The summed E-state index contributed by atoms with van der Waals surface area (Å²) in [6, 6.07) is 13.4. The molecule has 120 valence electrons. The molecule has 0 saturated heterocycles. The van der Waals surface area contributed by atoms with E-state index in [1.54, 1.807) is 0 Å². The molecule has 4 nitrogen and oxygen atoms in total. The van der Waals surface area contributed by atoms with Crippen LogP contribution in [0.25, 0.3) is 0 Å². The Hall–Kier alpha value is -2.14. The number of nitrogens with one attached hydrogen (secondary N) is 2. The Kier molecular flexibility index (Phi) is 5.93. The predicted octanol–water partition coefficient (Wildman–Crippen LogP) is 3.36. The molecule has 2 amide bonds. The quantitative estimate of drug-likeness (QED) is 0.842. The smallest absolute Gasteiger partial charge is 0.243 e. The highest BCUT2D eigenvalue weighted by Crippen LogP contribution is 2.16. The first kappa shape index (κ1) is 17.2. The molecule has 0 saturated carbocycles. The van der Waals surface area contributed by atoms with Gasteiger partial charge in [0.25, 0.3) is 0 Å². The molecular formula is C18H19BrN2O2. The summed E-state index contributed by atoms with van der Waals surface area (Å²) in [5.41, 5.74) is 3.73. The van der Waals surface area contributed by atoms with E-state index in [-0.39, 0.29) is 24.8 Å². The van der Waals surface area contributed by atoms with Crippen molar-refractivity contribution in [1.29, 1.82) is 0 Å². The normalized spacial score (nSPS) is 10.2. The Bertz CT molecular complexity index is 729. The average molecular weight is 375 g/mol. The first-order chi connectivity index (χ1) is 10.9. The van der Waals surface area contributed by atoms with Crippen LogP contribution in [0.15, 0.2) is 46.9 Å². The Balaban J connectivity index is 1.84.